The molecule has 2 N–H and O–H groups in total. The molecule has 3 rings (SSSR count). The number of benzene rings is 1. The van der Waals surface area contributed by atoms with Crippen LogP contribution in [0.5, 0.6) is 0 Å². The summed E-state index contributed by atoms with van der Waals surface area (Å²) >= 11 is 0. The van der Waals surface area contributed by atoms with Crippen molar-refractivity contribution in [1.82, 2.24) is 35.2 Å². The summed E-state index contributed by atoms with van der Waals surface area (Å²) in [5.41, 5.74) is 0.756. The van der Waals surface area contributed by atoms with Crippen LogP contribution in [0, 0.1) is 0 Å². The van der Waals surface area contributed by atoms with E-state index in [9.17, 15) is 9.59 Å². The summed E-state index contributed by atoms with van der Waals surface area (Å²) in [6.45, 7) is 0.959. The van der Waals surface area contributed by atoms with E-state index in [4.69, 9.17) is 0 Å². The van der Waals surface area contributed by atoms with Crippen molar-refractivity contribution in [3.63, 3.8) is 0 Å². The van der Waals surface area contributed by atoms with Gasteiger partial charge in [0, 0.05) is 19.2 Å². The van der Waals surface area contributed by atoms with E-state index in [-0.39, 0.29) is 24.7 Å². The van der Waals surface area contributed by atoms with Crippen molar-refractivity contribution < 1.29 is 4.79 Å². The van der Waals surface area contributed by atoms with Crippen molar-refractivity contribution >= 4 is 6.03 Å². The lowest BCUT2D eigenvalue weighted by atomic mass is 10.2. The Morgan fingerprint density at radius 3 is 2.68 bits per heavy atom. The Balaban J connectivity index is 1.51. The summed E-state index contributed by atoms with van der Waals surface area (Å²) in [4.78, 5) is 27.5. The second kappa shape index (κ2) is 7.86. The molecule has 2 heterocycles. The first-order valence-electron chi connectivity index (χ1n) is 7.71. The van der Waals surface area contributed by atoms with Crippen LogP contribution in [0.4, 0.5) is 4.79 Å². The topological polar surface area (TPSA) is 107 Å². The SMILES string of the molecule is O=C(NCCn1nc(-n2cncn2)ccc1=O)NCc1ccccc1. The number of amides is 2. The minimum atomic E-state index is -0.302. The molecular weight excluding hydrogens is 322 g/mol. The second-order valence-electron chi connectivity index (χ2n) is 5.19. The molecule has 9 heteroatoms. The summed E-state index contributed by atoms with van der Waals surface area (Å²) in [6.07, 6.45) is 2.88. The highest BCUT2D eigenvalue weighted by atomic mass is 16.2. The van der Waals surface area contributed by atoms with Crippen LogP contribution in [0.2, 0.25) is 0 Å². The molecule has 0 aliphatic rings. The normalized spacial score (nSPS) is 10.4. The highest BCUT2D eigenvalue weighted by Crippen LogP contribution is 1.97. The lowest BCUT2D eigenvalue weighted by Crippen LogP contribution is -2.38. The van der Waals surface area contributed by atoms with Crippen molar-refractivity contribution in [2.45, 2.75) is 13.1 Å². The van der Waals surface area contributed by atoms with Crippen molar-refractivity contribution in [1.29, 1.82) is 0 Å². The fraction of sp³-hybridized carbons (Fsp3) is 0.188. The average Bonchev–Trinajstić information content (AvgIpc) is 3.17. The minimum Gasteiger partial charge on any atom is -0.336 e. The van der Waals surface area contributed by atoms with Gasteiger partial charge in [-0.15, -0.1) is 5.10 Å². The van der Waals surface area contributed by atoms with Crippen LogP contribution < -0.4 is 16.2 Å². The molecule has 2 aromatic heterocycles. The van der Waals surface area contributed by atoms with Crippen molar-refractivity contribution in [3.05, 3.63) is 71.0 Å². The molecule has 0 atom stereocenters. The third-order valence-electron chi connectivity index (χ3n) is 3.41. The highest BCUT2D eigenvalue weighted by molar-refractivity contribution is 5.73. The van der Waals surface area contributed by atoms with E-state index >= 15 is 0 Å². The monoisotopic (exact) mass is 339 g/mol. The Labute approximate surface area is 143 Å². The quantitative estimate of drug-likeness (QED) is 0.673. The average molecular weight is 339 g/mol. The maximum absolute atomic E-state index is 11.9. The van der Waals surface area contributed by atoms with Crippen LogP contribution in [-0.2, 0) is 13.1 Å². The molecular formula is C16H17N7O2. The largest absolute Gasteiger partial charge is 0.336 e. The first-order valence-corrected chi connectivity index (χ1v) is 7.71. The van der Waals surface area contributed by atoms with Gasteiger partial charge >= 0.3 is 6.03 Å². The Bertz CT molecular complexity index is 875. The second-order valence-corrected chi connectivity index (χ2v) is 5.19. The molecule has 0 saturated carbocycles. The van der Waals surface area contributed by atoms with Gasteiger partial charge in [0.15, 0.2) is 5.82 Å². The molecule has 3 aromatic rings. The highest BCUT2D eigenvalue weighted by Gasteiger charge is 2.04. The lowest BCUT2D eigenvalue weighted by molar-refractivity contribution is 0.240. The van der Waals surface area contributed by atoms with E-state index < -0.39 is 0 Å². The summed E-state index contributed by atoms with van der Waals surface area (Å²) in [5, 5.41) is 13.6. The number of urea groups is 1. The van der Waals surface area contributed by atoms with Gasteiger partial charge in [0.25, 0.3) is 5.56 Å². The van der Waals surface area contributed by atoms with Gasteiger partial charge < -0.3 is 10.6 Å². The smallest absolute Gasteiger partial charge is 0.315 e. The summed E-state index contributed by atoms with van der Waals surface area (Å²) < 4.78 is 2.73. The van der Waals surface area contributed by atoms with Gasteiger partial charge in [-0.2, -0.15) is 5.10 Å². The van der Waals surface area contributed by atoms with Crippen LogP contribution in [-0.4, -0.2) is 37.1 Å². The van der Waals surface area contributed by atoms with Crippen LogP contribution in [0.3, 0.4) is 0 Å². The molecule has 0 aliphatic carbocycles. The zero-order valence-corrected chi connectivity index (χ0v) is 13.4. The fourth-order valence-corrected chi connectivity index (χ4v) is 2.16. The molecule has 0 radical (unpaired) electrons. The first kappa shape index (κ1) is 16.4. The maximum atomic E-state index is 11.9. The van der Waals surface area contributed by atoms with Crippen LogP contribution in [0.25, 0.3) is 5.82 Å². The molecule has 128 valence electrons. The third kappa shape index (κ3) is 4.50. The summed E-state index contributed by atoms with van der Waals surface area (Å²) in [5.74, 6) is 0.477. The number of hydrogen-bond acceptors (Lipinski definition) is 5. The van der Waals surface area contributed by atoms with Crippen molar-refractivity contribution in [3.8, 4) is 5.82 Å². The lowest BCUT2D eigenvalue weighted by Gasteiger charge is -2.09. The predicted molar refractivity (Wildman–Crippen MR) is 90.1 cm³/mol. The van der Waals surface area contributed by atoms with Crippen LogP contribution in [0.1, 0.15) is 5.56 Å². The van der Waals surface area contributed by atoms with E-state index in [1.54, 1.807) is 6.07 Å². The van der Waals surface area contributed by atoms with E-state index in [2.05, 4.69) is 25.8 Å². The molecule has 9 nitrogen and oxygen atoms in total. The van der Waals surface area contributed by atoms with Crippen molar-refractivity contribution in [2.75, 3.05) is 6.54 Å². The molecule has 0 saturated heterocycles. The Morgan fingerprint density at radius 2 is 1.92 bits per heavy atom. The zero-order valence-electron chi connectivity index (χ0n) is 13.4. The Hall–Kier alpha value is -3.49. The number of aromatic nitrogens is 5. The number of carbonyl (C=O) groups excluding carboxylic acids is 1. The third-order valence-corrected chi connectivity index (χ3v) is 3.41. The molecule has 0 spiro atoms. The number of carbonyl (C=O) groups is 1. The van der Waals surface area contributed by atoms with E-state index in [0.29, 0.717) is 12.4 Å². The molecule has 0 bridgehead atoms. The fourth-order valence-electron chi connectivity index (χ4n) is 2.16. The molecule has 0 unspecified atom stereocenters. The van der Waals surface area contributed by atoms with Crippen LogP contribution in [0.15, 0.2) is 59.9 Å². The van der Waals surface area contributed by atoms with Gasteiger partial charge in [-0.05, 0) is 11.6 Å². The molecule has 1 aromatic carbocycles. The summed E-state index contributed by atoms with van der Waals surface area (Å²) in [6, 6.07) is 12.3. The summed E-state index contributed by atoms with van der Waals surface area (Å²) in [7, 11) is 0. The van der Waals surface area contributed by atoms with E-state index in [0.717, 1.165) is 5.56 Å². The molecule has 0 fully saturated rings. The number of nitrogens with one attached hydrogen (secondary N) is 2. The molecule has 0 aliphatic heterocycles. The van der Waals surface area contributed by atoms with Crippen molar-refractivity contribution in [2.24, 2.45) is 0 Å². The Kier molecular flexibility index (Phi) is 5.15. The number of rotatable bonds is 6. The Morgan fingerprint density at radius 1 is 1.08 bits per heavy atom. The zero-order chi connectivity index (χ0) is 17.5. The van der Waals surface area contributed by atoms with Gasteiger partial charge in [0.2, 0.25) is 0 Å². The van der Waals surface area contributed by atoms with Gasteiger partial charge in [0.05, 0.1) is 6.54 Å². The number of nitrogens with zero attached hydrogens (tertiary/aromatic N) is 5. The molecule has 2 amide bonds. The van der Waals surface area contributed by atoms with Gasteiger partial charge in [-0.1, -0.05) is 30.3 Å². The van der Waals surface area contributed by atoms with E-state index in [1.165, 1.54) is 28.1 Å². The first-order chi connectivity index (χ1) is 12.2. The molecule has 25 heavy (non-hydrogen) atoms. The number of hydrogen-bond donors (Lipinski definition) is 2. The minimum absolute atomic E-state index is 0.250. The van der Waals surface area contributed by atoms with Gasteiger partial charge in [0.1, 0.15) is 12.7 Å². The maximum Gasteiger partial charge on any atom is 0.315 e. The standard InChI is InChI=1S/C16H17N7O2/c24-15-7-6-14(23-12-17-11-20-23)21-22(15)9-8-18-16(25)19-10-13-4-2-1-3-5-13/h1-7,11-12H,8-10H2,(H2,18,19,25). The van der Waals surface area contributed by atoms with E-state index in [1.807, 2.05) is 30.3 Å². The van der Waals surface area contributed by atoms with Gasteiger partial charge in [-0.25, -0.2) is 19.1 Å². The van der Waals surface area contributed by atoms with Gasteiger partial charge in [-0.3, -0.25) is 4.79 Å². The van der Waals surface area contributed by atoms with Crippen LogP contribution >= 0.6 is 0 Å². The predicted octanol–water partition coefficient (Wildman–Crippen LogP) is 0.323.